The number of rotatable bonds is 5. The molecule has 5 rings (SSSR count). The predicted octanol–water partition coefficient (Wildman–Crippen LogP) is 5.85. The number of aromatic nitrogens is 2. The molecule has 4 nitrogen and oxygen atoms in total. The smallest absolute Gasteiger partial charge is 0.128 e. The molecule has 29 heavy (non-hydrogen) atoms. The summed E-state index contributed by atoms with van der Waals surface area (Å²) in [6.07, 6.45) is 4.19. The summed E-state index contributed by atoms with van der Waals surface area (Å²) in [4.78, 5) is 6.86. The number of H-pyrrole nitrogens is 2. The maximum Gasteiger partial charge on any atom is 0.128 e. The first kappa shape index (κ1) is 17.4. The van der Waals surface area contributed by atoms with Crippen molar-refractivity contribution >= 4 is 21.8 Å². The molecule has 0 radical (unpaired) electrons. The van der Waals surface area contributed by atoms with Gasteiger partial charge in [-0.1, -0.05) is 42.5 Å². The molecule has 0 atom stereocenters. The molecule has 0 aliphatic carbocycles. The second kappa shape index (κ2) is 7.06. The molecule has 0 bridgehead atoms. The van der Waals surface area contributed by atoms with E-state index in [1.54, 1.807) is 14.2 Å². The van der Waals surface area contributed by atoms with Gasteiger partial charge in [0.15, 0.2) is 0 Å². The van der Waals surface area contributed by atoms with Gasteiger partial charge in [-0.25, -0.2) is 0 Å². The van der Waals surface area contributed by atoms with Crippen LogP contribution >= 0.6 is 0 Å². The zero-order chi connectivity index (χ0) is 19.8. The number of hydrogen-bond acceptors (Lipinski definition) is 2. The number of fused-ring (bicyclic) bond motifs is 2. The Balaban J connectivity index is 1.84. The monoisotopic (exact) mass is 382 g/mol. The van der Waals surface area contributed by atoms with Gasteiger partial charge in [0.1, 0.15) is 11.5 Å². The minimum atomic E-state index is 0.0197. The zero-order valence-corrected chi connectivity index (χ0v) is 16.4. The van der Waals surface area contributed by atoms with Crippen LogP contribution in [0.5, 0.6) is 11.5 Å². The molecule has 0 aliphatic heterocycles. The highest BCUT2D eigenvalue weighted by molar-refractivity contribution is 5.94. The first-order valence-electron chi connectivity index (χ1n) is 9.64. The van der Waals surface area contributed by atoms with Crippen molar-refractivity contribution in [2.75, 3.05) is 14.2 Å². The summed E-state index contributed by atoms with van der Waals surface area (Å²) >= 11 is 0. The largest absolute Gasteiger partial charge is 0.496 e. The standard InChI is InChI=1S/C25H22N2O2/c1-28-21-12-6-10-19-24(21)17(14-26-19)23(16-8-4-3-5-9-16)18-15-27-20-11-7-13-22(29-2)25(18)20/h3-15,23,26-27H,1-2H3. The third kappa shape index (κ3) is 2.76. The van der Waals surface area contributed by atoms with Gasteiger partial charge in [0.05, 0.1) is 14.2 Å². The van der Waals surface area contributed by atoms with Crippen LogP contribution < -0.4 is 9.47 Å². The van der Waals surface area contributed by atoms with Gasteiger partial charge in [-0.15, -0.1) is 0 Å². The molecule has 0 fully saturated rings. The van der Waals surface area contributed by atoms with Gasteiger partial charge in [-0.05, 0) is 41.0 Å². The SMILES string of the molecule is COc1cccc2[nH]cc(C(c3ccccc3)c3c[nH]c4cccc(OC)c34)c12. The van der Waals surface area contributed by atoms with Crippen LogP contribution in [0.2, 0.25) is 0 Å². The predicted molar refractivity (Wildman–Crippen MR) is 117 cm³/mol. The van der Waals surface area contributed by atoms with Crippen molar-refractivity contribution in [2.24, 2.45) is 0 Å². The third-order valence-electron chi connectivity index (χ3n) is 5.59. The molecule has 0 spiro atoms. The maximum absolute atomic E-state index is 5.71. The van der Waals surface area contributed by atoms with E-state index in [1.807, 2.05) is 30.3 Å². The van der Waals surface area contributed by atoms with Crippen molar-refractivity contribution in [2.45, 2.75) is 5.92 Å². The molecular formula is C25H22N2O2. The molecule has 4 heteroatoms. The van der Waals surface area contributed by atoms with Crippen LogP contribution in [0.3, 0.4) is 0 Å². The van der Waals surface area contributed by atoms with Crippen LogP contribution in [0.15, 0.2) is 79.1 Å². The number of benzene rings is 3. The lowest BCUT2D eigenvalue weighted by Gasteiger charge is -2.19. The van der Waals surface area contributed by atoms with Crippen molar-refractivity contribution < 1.29 is 9.47 Å². The highest BCUT2D eigenvalue weighted by Gasteiger charge is 2.25. The molecule has 0 amide bonds. The van der Waals surface area contributed by atoms with Gasteiger partial charge in [-0.2, -0.15) is 0 Å². The Morgan fingerprint density at radius 3 is 1.62 bits per heavy atom. The number of aromatic amines is 2. The summed E-state index contributed by atoms with van der Waals surface area (Å²) in [6, 6.07) is 22.8. The molecule has 2 aromatic heterocycles. The fourth-order valence-electron chi connectivity index (χ4n) is 4.32. The molecule has 144 valence electrons. The van der Waals surface area contributed by atoms with E-state index in [4.69, 9.17) is 9.47 Å². The Hall–Kier alpha value is -3.66. The second-order valence-electron chi connectivity index (χ2n) is 7.10. The fourth-order valence-corrected chi connectivity index (χ4v) is 4.32. The summed E-state index contributed by atoms with van der Waals surface area (Å²) in [5.74, 6) is 1.75. The summed E-state index contributed by atoms with van der Waals surface area (Å²) in [6.45, 7) is 0. The molecule has 0 unspecified atom stereocenters. The molecule has 0 saturated carbocycles. The average molecular weight is 382 g/mol. The van der Waals surface area contributed by atoms with Crippen molar-refractivity contribution in [3.63, 3.8) is 0 Å². The minimum Gasteiger partial charge on any atom is -0.496 e. The molecule has 0 saturated heterocycles. The van der Waals surface area contributed by atoms with Crippen LogP contribution in [-0.2, 0) is 0 Å². The molecule has 2 N–H and O–H groups in total. The lowest BCUT2D eigenvalue weighted by molar-refractivity contribution is 0.419. The van der Waals surface area contributed by atoms with Gasteiger partial charge in [0.25, 0.3) is 0 Å². The summed E-state index contributed by atoms with van der Waals surface area (Å²) in [7, 11) is 3.44. The van der Waals surface area contributed by atoms with Crippen LogP contribution in [0.1, 0.15) is 22.6 Å². The average Bonchev–Trinajstić information content (AvgIpc) is 3.40. The quantitative estimate of drug-likeness (QED) is 0.401. The van der Waals surface area contributed by atoms with E-state index in [0.29, 0.717) is 0 Å². The third-order valence-corrected chi connectivity index (χ3v) is 5.59. The van der Waals surface area contributed by atoms with Crippen molar-refractivity contribution in [1.82, 2.24) is 9.97 Å². The molecule has 0 aliphatic rings. The van der Waals surface area contributed by atoms with E-state index in [1.165, 1.54) is 16.7 Å². The van der Waals surface area contributed by atoms with E-state index in [0.717, 1.165) is 33.3 Å². The lowest BCUT2D eigenvalue weighted by Crippen LogP contribution is -2.03. The van der Waals surface area contributed by atoms with Crippen molar-refractivity contribution in [3.05, 3.63) is 95.8 Å². The van der Waals surface area contributed by atoms with Gasteiger partial charge in [-0.3, -0.25) is 0 Å². The molecular weight excluding hydrogens is 360 g/mol. The van der Waals surface area contributed by atoms with E-state index >= 15 is 0 Å². The summed E-state index contributed by atoms with van der Waals surface area (Å²) < 4.78 is 11.4. The Kier molecular flexibility index (Phi) is 4.24. The zero-order valence-electron chi connectivity index (χ0n) is 16.4. The van der Waals surface area contributed by atoms with E-state index in [9.17, 15) is 0 Å². The van der Waals surface area contributed by atoms with Gasteiger partial charge >= 0.3 is 0 Å². The summed E-state index contributed by atoms with van der Waals surface area (Å²) in [5, 5.41) is 2.21. The van der Waals surface area contributed by atoms with Crippen molar-refractivity contribution in [1.29, 1.82) is 0 Å². The highest BCUT2D eigenvalue weighted by atomic mass is 16.5. The van der Waals surface area contributed by atoms with E-state index < -0.39 is 0 Å². The Morgan fingerprint density at radius 2 is 1.14 bits per heavy atom. The van der Waals surface area contributed by atoms with Gasteiger partial charge < -0.3 is 19.4 Å². The number of hydrogen-bond donors (Lipinski definition) is 2. The van der Waals surface area contributed by atoms with Gasteiger partial charge in [0, 0.05) is 40.1 Å². The number of ether oxygens (including phenoxy) is 2. The van der Waals surface area contributed by atoms with Crippen LogP contribution in [0.4, 0.5) is 0 Å². The normalized spacial score (nSPS) is 11.4. The Labute approximate surface area is 169 Å². The first-order valence-corrected chi connectivity index (χ1v) is 9.64. The van der Waals surface area contributed by atoms with E-state index in [-0.39, 0.29) is 5.92 Å². The lowest BCUT2D eigenvalue weighted by atomic mass is 9.84. The summed E-state index contributed by atoms with van der Waals surface area (Å²) in [5.41, 5.74) is 5.69. The van der Waals surface area contributed by atoms with Crippen LogP contribution in [-0.4, -0.2) is 24.2 Å². The van der Waals surface area contributed by atoms with Gasteiger partial charge in [0.2, 0.25) is 0 Å². The Bertz CT molecular complexity index is 1200. The van der Waals surface area contributed by atoms with Crippen LogP contribution in [0.25, 0.3) is 21.8 Å². The maximum atomic E-state index is 5.71. The second-order valence-corrected chi connectivity index (χ2v) is 7.10. The highest BCUT2D eigenvalue weighted by Crippen LogP contribution is 2.43. The molecule has 2 heterocycles. The topological polar surface area (TPSA) is 50.0 Å². The number of nitrogens with one attached hydrogen (secondary N) is 2. The number of methoxy groups -OCH3 is 2. The van der Waals surface area contributed by atoms with Crippen LogP contribution in [0, 0.1) is 0 Å². The minimum absolute atomic E-state index is 0.0197. The molecule has 5 aromatic rings. The fraction of sp³-hybridized carbons (Fsp3) is 0.120. The first-order chi connectivity index (χ1) is 14.3. The van der Waals surface area contributed by atoms with E-state index in [2.05, 4.69) is 58.8 Å². The van der Waals surface area contributed by atoms with Crippen molar-refractivity contribution in [3.8, 4) is 11.5 Å². The Morgan fingerprint density at radius 1 is 0.621 bits per heavy atom. The molecule has 3 aromatic carbocycles.